The third kappa shape index (κ3) is 3.76. The number of nitrogens with zero attached hydrogens (tertiary/aromatic N) is 6. The molecule has 11 heteroatoms. The molecule has 0 atom stereocenters. The fourth-order valence-corrected chi connectivity index (χ4v) is 3.08. The number of carboxylic acid groups (broad SMARTS) is 1. The molecule has 3 aromatic heterocycles. The molecule has 0 radical (unpaired) electrons. The highest BCUT2D eigenvalue weighted by Crippen LogP contribution is 2.27. The van der Waals surface area contributed by atoms with Gasteiger partial charge in [0.15, 0.2) is 11.5 Å². The van der Waals surface area contributed by atoms with Crippen LogP contribution in [0, 0.1) is 18.3 Å². The molecule has 0 fully saturated rings. The van der Waals surface area contributed by atoms with Gasteiger partial charge in [-0.25, -0.2) is 4.98 Å². The topological polar surface area (TPSA) is 130 Å². The average Bonchev–Trinajstić information content (AvgIpc) is 3.30. The van der Waals surface area contributed by atoms with Crippen LogP contribution in [-0.2, 0) is 4.79 Å². The molecule has 3 heterocycles. The summed E-state index contributed by atoms with van der Waals surface area (Å²) < 4.78 is 6.71. The largest absolute Gasteiger partial charge is 0.481 e. The number of furan rings is 1. The summed E-state index contributed by atoms with van der Waals surface area (Å²) in [4.78, 5) is 14.9. The Bertz CT molecular complexity index is 981. The first-order valence-electron chi connectivity index (χ1n) is 6.83. The van der Waals surface area contributed by atoms with Crippen LogP contribution in [0.4, 0.5) is 0 Å². The standard InChI is InChI=1S/C14H10N6O3S2/c1-8-10(2-3-23-8)13-18-19-14(25-7-12(21)22)20(13)16-5-11-17-9(4-15)6-24-11/h2-3,5-6H,7H2,1H3,(H,21,22)/b16-5+. The van der Waals surface area contributed by atoms with Crippen molar-refractivity contribution in [2.75, 3.05) is 5.75 Å². The first kappa shape index (κ1) is 16.9. The minimum absolute atomic E-state index is 0.173. The van der Waals surface area contributed by atoms with Gasteiger partial charge < -0.3 is 9.52 Å². The van der Waals surface area contributed by atoms with E-state index in [1.807, 2.05) is 6.07 Å². The van der Waals surface area contributed by atoms with E-state index in [4.69, 9.17) is 14.8 Å². The fourth-order valence-electron chi connectivity index (χ4n) is 1.88. The van der Waals surface area contributed by atoms with Gasteiger partial charge in [0.1, 0.15) is 16.8 Å². The molecule has 0 saturated carbocycles. The van der Waals surface area contributed by atoms with Crippen molar-refractivity contribution in [3.63, 3.8) is 0 Å². The summed E-state index contributed by atoms with van der Waals surface area (Å²) >= 11 is 2.27. The Morgan fingerprint density at radius 1 is 1.60 bits per heavy atom. The number of thioether (sulfide) groups is 1. The minimum Gasteiger partial charge on any atom is -0.481 e. The van der Waals surface area contributed by atoms with Crippen molar-refractivity contribution in [1.29, 1.82) is 5.26 Å². The van der Waals surface area contributed by atoms with Crippen LogP contribution < -0.4 is 0 Å². The molecule has 25 heavy (non-hydrogen) atoms. The summed E-state index contributed by atoms with van der Waals surface area (Å²) in [5.41, 5.74) is 1.00. The second-order valence-corrected chi connectivity index (χ2v) is 6.45. The number of aromatic nitrogens is 4. The molecule has 0 unspecified atom stereocenters. The van der Waals surface area contributed by atoms with Crippen LogP contribution in [0.15, 0.2) is 32.4 Å². The molecule has 0 amide bonds. The number of aliphatic carboxylic acids is 1. The van der Waals surface area contributed by atoms with Crippen molar-refractivity contribution in [3.8, 4) is 17.5 Å². The predicted octanol–water partition coefficient (Wildman–Crippen LogP) is 2.23. The lowest BCUT2D eigenvalue weighted by Crippen LogP contribution is -2.01. The zero-order valence-corrected chi connectivity index (χ0v) is 14.4. The van der Waals surface area contributed by atoms with Crippen molar-refractivity contribution in [1.82, 2.24) is 19.9 Å². The van der Waals surface area contributed by atoms with Gasteiger partial charge in [0, 0.05) is 5.38 Å². The third-order valence-electron chi connectivity index (χ3n) is 2.96. The third-order valence-corrected chi connectivity index (χ3v) is 4.64. The molecular weight excluding hydrogens is 364 g/mol. The SMILES string of the molecule is Cc1occc1-c1nnc(SCC(=O)O)n1/N=C/c1nc(C#N)cs1. The Balaban J connectivity index is 1.98. The number of hydrogen-bond donors (Lipinski definition) is 1. The van der Waals surface area contributed by atoms with Crippen LogP contribution in [0.3, 0.4) is 0 Å². The van der Waals surface area contributed by atoms with Gasteiger partial charge in [-0.05, 0) is 13.0 Å². The number of rotatable bonds is 6. The number of nitriles is 1. The fraction of sp³-hybridized carbons (Fsp3) is 0.143. The van der Waals surface area contributed by atoms with E-state index in [0.29, 0.717) is 33.0 Å². The molecule has 126 valence electrons. The Hall–Kier alpha value is -2.97. The second-order valence-electron chi connectivity index (χ2n) is 4.62. The monoisotopic (exact) mass is 374 g/mol. The van der Waals surface area contributed by atoms with E-state index in [2.05, 4.69) is 20.3 Å². The van der Waals surface area contributed by atoms with Gasteiger partial charge in [0.25, 0.3) is 0 Å². The van der Waals surface area contributed by atoms with Crippen LogP contribution in [0.2, 0.25) is 0 Å². The van der Waals surface area contributed by atoms with Gasteiger partial charge >= 0.3 is 5.97 Å². The van der Waals surface area contributed by atoms with Crippen molar-refractivity contribution in [2.45, 2.75) is 12.1 Å². The molecule has 0 aliphatic heterocycles. The van der Waals surface area contributed by atoms with E-state index in [0.717, 1.165) is 11.8 Å². The number of aryl methyl sites for hydroxylation is 1. The van der Waals surface area contributed by atoms with Crippen LogP contribution in [0.5, 0.6) is 0 Å². The molecule has 0 aliphatic rings. The predicted molar refractivity (Wildman–Crippen MR) is 90.6 cm³/mol. The Kier molecular flexibility index (Phi) is 4.92. The molecule has 3 rings (SSSR count). The van der Waals surface area contributed by atoms with E-state index < -0.39 is 5.97 Å². The maximum Gasteiger partial charge on any atom is 0.313 e. The van der Waals surface area contributed by atoms with Crippen LogP contribution in [0.25, 0.3) is 11.4 Å². The molecule has 9 nitrogen and oxygen atoms in total. The van der Waals surface area contributed by atoms with Crippen LogP contribution >= 0.6 is 23.1 Å². The summed E-state index contributed by atoms with van der Waals surface area (Å²) in [6, 6.07) is 3.68. The van der Waals surface area contributed by atoms with Crippen molar-refractivity contribution < 1.29 is 14.3 Å². The van der Waals surface area contributed by atoms with Crippen LogP contribution in [0.1, 0.15) is 16.5 Å². The van der Waals surface area contributed by atoms with Gasteiger partial charge in [0.05, 0.1) is 23.8 Å². The normalized spacial score (nSPS) is 11.0. The van der Waals surface area contributed by atoms with Gasteiger partial charge in [-0.3, -0.25) is 4.79 Å². The number of carbonyl (C=O) groups is 1. The van der Waals surface area contributed by atoms with Crippen molar-refractivity contribution in [3.05, 3.63) is 34.2 Å². The van der Waals surface area contributed by atoms with Crippen molar-refractivity contribution in [2.24, 2.45) is 5.10 Å². The summed E-state index contributed by atoms with van der Waals surface area (Å²) in [6.07, 6.45) is 3.00. The van der Waals surface area contributed by atoms with Gasteiger partial charge in [-0.15, -0.1) is 21.5 Å². The first-order chi connectivity index (χ1) is 12.1. The second kappa shape index (κ2) is 7.29. The lowest BCUT2D eigenvalue weighted by Gasteiger charge is -2.02. The zero-order valence-electron chi connectivity index (χ0n) is 12.8. The van der Waals surface area contributed by atoms with E-state index in [9.17, 15) is 4.79 Å². The summed E-state index contributed by atoms with van der Waals surface area (Å²) in [5, 5.41) is 32.6. The van der Waals surface area contributed by atoms with E-state index >= 15 is 0 Å². The maximum atomic E-state index is 10.8. The molecule has 3 aromatic rings. The lowest BCUT2D eigenvalue weighted by atomic mass is 10.2. The minimum atomic E-state index is -0.969. The van der Waals surface area contributed by atoms with Crippen LogP contribution in [-0.4, -0.2) is 42.9 Å². The molecule has 0 aliphatic carbocycles. The molecule has 0 saturated heterocycles. The molecule has 1 N–H and O–H groups in total. The Labute approximate surface area is 149 Å². The Morgan fingerprint density at radius 3 is 3.08 bits per heavy atom. The average molecular weight is 374 g/mol. The summed E-state index contributed by atoms with van der Waals surface area (Å²) in [7, 11) is 0. The van der Waals surface area contributed by atoms with E-state index in [1.165, 1.54) is 28.5 Å². The highest BCUT2D eigenvalue weighted by atomic mass is 32.2. The van der Waals surface area contributed by atoms with E-state index in [-0.39, 0.29) is 5.75 Å². The van der Waals surface area contributed by atoms with E-state index in [1.54, 1.807) is 18.4 Å². The lowest BCUT2D eigenvalue weighted by molar-refractivity contribution is -0.133. The van der Waals surface area contributed by atoms with Gasteiger partial charge in [-0.1, -0.05) is 11.8 Å². The molecule has 0 spiro atoms. The van der Waals surface area contributed by atoms with Gasteiger partial charge in [-0.2, -0.15) is 15.0 Å². The molecule has 0 bridgehead atoms. The Morgan fingerprint density at radius 2 is 2.44 bits per heavy atom. The van der Waals surface area contributed by atoms with Gasteiger partial charge in [0.2, 0.25) is 5.16 Å². The summed E-state index contributed by atoms with van der Waals surface area (Å²) in [6.45, 7) is 1.78. The number of hydrogen-bond acceptors (Lipinski definition) is 9. The molecular formula is C14H10N6O3S2. The van der Waals surface area contributed by atoms with Crippen molar-refractivity contribution >= 4 is 35.3 Å². The summed E-state index contributed by atoms with van der Waals surface area (Å²) in [5.74, 6) is -0.0799. The quantitative estimate of drug-likeness (QED) is 0.513. The smallest absolute Gasteiger partial charge is 0.313 e. The maximum absolute atomic E-state index is 10.8. The highest BCUT2D eigenvalue weighted by Gasteiger charge is 2.18. The highest BCUT2D eigenvalue weighted by molar-refractivity contribution is 7.99. The zero-order chi connectivity index (χ0) is 17.8. The number of thiazole rings is 1. The number of carboxylic acids is 1. The first-order valence-corrected chi connectivity index (χ1v) is 8.69. The molecule has 0 aromatic carbocycles.